The van der Waals surface area contributed by atoms with Crippen molar-refractivity contribution >= 4 is 5.78 Å². The first kappa shape index (κ1) is 16.1. The standard InChI is InChI=1S/C10H14N2O2.C6H4N2O2/c1-3-13-8-4-6(2)12-10-9(8)7(11)5-14-10;9-5-3-10-6-4(5)1-2-7-8-6/h4,7H,3,5,11H2,1-2H3;1-2H,3H2. The first-order valence-corrected chi connectivity index (χ1v) is 7.60. The molecule has 0 aliphatic carbocycles. The fourth-order valence-corrected chi connectivity index (χ4v) is 2.45. The first-order chi connectivity index (χ1) is 11.6. The average molecular weight is 330 g/mol. The molecule has 0 radical (unpaired) electrons. The maximum absolute atomic E-state index is 10.9. The number of ether oxygens (including phenoxy) is 3. The summed E-state index contributed by atoms with van der Waals surface area (Å²) in [4.78, 5) is 15.1. The number of aromatic nitrogens is 3. The van der Waals surface area contributed by atoms with E-state index in [-0.39, 0.29) is 18.4 Å². The zero-order valence-corrected chi connectivity index (χ0v) is 13.5. The van der Waals surface area contributed by atoms with Crippen molar-refractivity contribution in [2.45, 2.75) is 19.9 Å². The van der Waals surface area contributed by atoms with E-state index in [1.807, 2.05) is 19.9 Å². The summed E-state index contributed by atoms with van der Waals surface area (Å²) >= 11 is 0. The summed E-state index contributed by atoms with van der Waals surface area (Å²) in [5, 5.41) is 7.18. The maximum Gasteiger partial charge on any atom is 0.244 e. The molecular weight excluding hydrogens is 312 g/mol. The van der Waals surface area contributed by atoms with Gasteiger partial charge in [-0.15, -0.1) is 5.10 Å². The molecule has 0 fully saturated rings. The molecule has 0 spiro atoms. The summed E-state index contributed by atoms with van der Waals surface area (Å²) in [6.07, 6.45) is 1.48. The van der Waals surface area contributed by atoms with Crippen molar-refractivity contribution in [3.05, 3.63) is 35.2 Å². The molecular formula is C16H18N4O4. The lowest BCUT2D eigenvalue weighted by Gasteiger charge is -2.10. The second kappa shape index (κ2) is 6.79. The number of fused-ring (bicyclic) bond motifs is 2. The number of aryl methyl sites for hydroxylation is 1. The van der Waals surface area contributed by atoms with E-state index >= 15 is 0 Å². The number of nitrogens with zero attached hydrogens (tertiary/aromatic N) is 3. The Bertz CT molecular complexity index is 766. The Morgan fingerprint density at radius 2 is 2.21 bits per heavy atom. The largest absolute Gasteiger partial charge is 0.493 e. The number of carbonyl (C=O) groups excluding carboxylic acids is 1. The van der Waals surface area contributed by atoms with Gasteiger partial charge in [0.15, 0.2) is 6.61 Å². The van der Waals surface area contributed by atoms with Crippen LogP contribution in [-0.4, -0.2) is 40.8 Å². The van der Waals surface area contributed by atoms with E-state index < -0.39 is 0 Å². The van der Waals surface area contributed by atoms with Crippen LogP contribution < -0.4 is 19.9 Å². The smallest absolute Gasteiger partial charge is 0.244 e. The van der Waals surface area contributed by atoms with Crippen LogP contribution in [0.1, 0.15) is 34.6 Å². The highest BCUT2D eigenvalue weighted by atomic mass is 16.5. The quantitative estimate of drug-likeness (QED) is 0.875. The van der Waals surface area contributed by atoms with Crippen LogP contribution in [0.2, 0.25) is 0 Å². The molecule has 0 amide bonds. The highest BCUT2D eigenvalue weighted by molar-refractivity contribution is 6.01. The summed E-state index contributed by atoms with van der Waals surface area (Å²) in [7, 11) is 0. The van der Waals surface area contributed by atoms with Crippen LogP contribution in [0.25, 0.3) is 0 Å². The highest BCUT2D eigenvalue weighted by Crippen LogP contribution is 2.37. The average Bonchev–Trinajstić information content (AvgIpc) is 3.12. The fourth-order valence-electron chi connectivity index (χ4n) is 2.45. The summed E-state index contributed by atoms with van der Waals surface area (Å²) in [6.45, 7) is 5.09. The van der Waals surface area contributed by atoms with Crippen molar-refractivity contribution in [2.75, 3.05) is 19.8 Å². The number of hydrogen-bond donors (Lipinski definition) is 1. The van der Waals surface area contributed by atoms with Crippen LogP contribution in [0, 0.1) is 6.92 Å². The molecule has 1 unspecified atom stereocenters. The Labute approximate surface area is 139 Å². The zero-order chi connectivity index (χ0) is 17.1. The van der Waals surface area contributed by atoms with Gasteiger partial charge in [0.2, 0.25) is 17.5 Å². The molecule has 2 aromatic heterocycles. The SMILES string of the molecule is CCOc1cc(C)nc2c1C(N)CO2.O=C1COc2nnccc21. The predicted octanol–water partition coefficient (Wildman–Crippen LogP) is 1.23. The second-order valence-electron chi connectivity index (χ2n) is 5.29. The molecule has 2 aromatic rings. The molecule has 4 heterocycles. The van der Waals surface area contributed by atoms with Gasteiger partial charge in [0.05, 0.1) is 30.0 Å². The minimum Gasteiger partial charge on any atom is -0.493 e. The van der Waals surface area contributed by atoms with Crippen LogP contribution in [0.15, 0.2) is 18.3 Å². The summed E-state index contributed by atoms with van der Waals surface area (Å²) in [6, 6.07) is 3.40. The minimum atomic E-state index is -0.111. The third-order valence-electron chi connectivity index (χ3n) is 3.51. The number of Topliss-reactive ketones (excluding diaryl/α,β-unsaturated/α-hetero) is 1. The summed E-state index contributed by atoms with van der Waals surface area (Å²) in [5.74, 6) is 1.76. The molecule has 126 valence electrons. The Morgan fingerprint density at radius 1 is 1.38 bits per heavy atom. The number of pyridine rings is 1. The summed E-state index contributed by atoms with van der Waals surface area (Å²) in [5.41, 5.74) is 8.21. The Morgan fingerprint density at radius 3 is 2.96 bits per heavy atom. The fraction of sp³-hybridized carbons (Fsp3) is 0.375. The van der Waals surface area contributed by atoms with Gasteiger partial charge in [0, 0.05) is 11.8 Å². The molecule has 2 aliphatic rings. The van der Waals surface area contributed by atoms with Crippen molar-refractivity contribution in [1.29, 1.82) is 0 Å². The maximum atomic E-state index is 10.9. The normalized spacial score (nSPS) is 17.1. The van der Waals surface area contributed by atoms with E-state index in [1.54, 1.807) is 6.07 Å². The lowest BCUT2D eigenvalue weighted by atomic mass is 10.1. The zero-order valence-electron chi connectivity index (χ0n) is 13.5. The van der Waals surface area contributed by atoms with E-state index in [9.17, 15) is 4.79 Å². The molecule has 4 rings (SSSR count). The van der Waals surface area contributed by atoms with E-state index in [2.05, 4.69) is 15.2 Å². The third-order valence-corrected chi connectivity index (χ3v) is 3.51. The summed E-state index contributed by atoms with van der Waals surface area (Å²) < 4.78 is 15.7. The number of ketones is 1. The number of hydrogen-bond acceptors (Lipinski definition) is 8. The van der Waals surface area contributed by atoms with Gasteiger partial charge in [-0.25, -0.2) is 4.98 Å². The van der Waals surface area contributed by atoms with E-state index in [0.29, 0.717) is 30.5 Å². The van der Waals surface area contributed by atoms with Crippen LogP contribution in [-0.2, 0) is 0 Å². The van der Waals surface area contributed by atoms with Gasteiger partial charge in [0.1, 0.15) is 12.4 Å². The Hall–Kier alpha value is -2.74. The lowest BCUT2D eigenvalue weighted by molar-refractivity contribution is 0.0960. The minimum absolute atomic E-state index is 0.0232. The molecule has 1 atom stereocenters. The molecule has 0 saturated heterocycles. The van der Waals surface area contributed by atoms with Crippen LogP contribution in [0.4, 0.5) is 0 Å². The predicted molar refractivity (Wildman–Crippen MR) is 84.4 cm³/mol. The number of carbonyl (C=O) groups is 1. The van der Waals surface area contributed by atoms with Crippen molar-refractivity contribution in [3.63, 3.8) is 0 Å². The van der Waals surface area contributed by atoms with Crippen molar-refractivity contribution in [3.8, 4) is 17.5 Å². The van der Waals surface area contributed by atoms with Crippen LogP contribution in [0.3, 0.4) is 0 Å². The topological polar surface area (TPSA) is 109 Å². The highest BCUT2D eigenvalue weighted by Gasteiger charge is 2.27. The lowest BCUT2D eigenvalue weighted by Crippen LogP contribution is -2.12. The van der Waals surface area contributed by atoms with Gasteiger partial charge in [-0.1, -0.05) is 0 Å². The van der Waals surface area contributed by atoms with E-state index in [0.717, 1.165) is 17.0 Å². The molecule has 0 bridgehead atoms. The van der Waals surface area contributed by atoms with Crippen LogP contribution in [0.5, 0.6) is 17.5 Å². The van der Waals surface area contributed by atoms with Gasteiger partial charge in [-0.2, -0.15) is 5.10 Å². The van der Waals surface area contributed by atoms with Gasteiger partial charge >= 0.3 is 0 Å². The molecule has 2 aliphatic heterocycles. The van der Waals surface area contributed by atoms with Crippen molar-refractivity contribution in [2.24, 2.45) is 5.73 Å². The molecule has 2 N–H and O–H groups in total. The Kier molecular flexibility index (Phi) is 4.57. The monoisotopic (exact) mass is 330 g/mol. The number of rotatable bonds is 2. The van der Waals surface area contributed by atoms with Gasteiger partial charge < -0.3 is 19.9 Å². The Balaban J connectivity index is 0.000000149. The van der Waals surface area contributed by atoms with Gasteiger partial charge in [0.25, 0.3) is 0 Å². The molecule has 0 aromatic carbocycles. The van der Waals surface area contributed by atoms with Crippen molar-refractivity contribution < 1.29 is 19.0 Å². The van der Waals surface area contributed by atoms with Crippen molar-refractivity contribution in [1.82, 2.24) is 15.2 Å². The molecule has 8 nitrogen and oxygen atoms in total. The second-order valence-corrected chi connectivity index (χ2v) is 5.29. The number of nitrogens with two attached hydrogens (primary N) is 1. The molecule has 0 saturated carbocycles. The molecule has 24 heavy (non-hydrogen) atoms. The first-order valence-electron chi connectivity index (χ1n) is 7.60. The van der Waals surface area contributed by atoms with E-state index in [4.69, 9.17) is 19.9 Å². The molecule has 8 heteroatoms. The third kappa shape index (κ3) is 3.13. The van der Waals surface area contributed by atoms with Gasteiger partial charge in [-0.05, 0) is 19.9 Å². The van der Waals surface area contributed by atoms with E-state index in [1.165, 1.54) is 6.20 Å². The van der Waals surface area contributed by atoms with Gasteiger partial charge in [-0.3, -0.25) is 4.79 Å². The van der Waals surface area contributed by atoms with Crippen LogP contribution >= 0.6 is 0 Å².